The van der Waals surface area contributed by atoms with Gasteiger partial charge in [-0.2, -0.15) is 0 Å². The van der Waals surface area contributed by atoms with Crippen LogP contribution in [0, 0.1) is 46.8 Å². The molecule has 0 aromatic heterocycles. The van der Waals surface area contributed by atoms with Crippen molar-refractivity contribution in [3.63, 3.8) is 0 Å². The molecule has 4 unspecified atom stereocenters. The van der Waals surface area contributed by atoms with Crippen molar-refractivity contribution in [2.45, 2.75) is 237 Å². The van der Waals surface area contributed by atoms with Crippen LogP contribution < -0.4 is 11.1 Å². The molecule has 1 fully saturated rings. The summed E-state index contributed by atoms with van der Waals surface area (Å²) in [5.41, 5.74) is 11.5. The fraction of sp³-hybridized carbons (Fsp3) is 0.815. The Balaban J connectivity index is -0.0000000977. The monoisotopic (exact) mass is 793 g/mol. The van der Waals surface area contributed by atoms with E-state index in [0.29, 0.717) is 28.9 Å². The van der Waals surface area contributed by atoms with Crippen LogP contribution in [0.1, 0.15) is 237 Å². The lowest BCUT2D eigenvalue weighted by Gasteiger charge is -2.33. The maximum atomic E-state index is 5.58. The second kappa shape index (κ2) is 51.3. The lowest BCUT2D eigenvalue weighted by molar-refractivity contribution is 0.255. The molecule has 2 nitrogen and oxygen atoms in total. The summed E-state index contributed by atoms with van der Waals surface area (Å²) in [6.07, 6.45) is 14.5. The fourth-order valence-corrected chi connectivity index (χ4v) is 5.96. The van der Waals surface area contributed by atoms with E-state index >= 15 is 0 Å². The van der Waals surface area contributed by atoms with E-state index in [1.54, 1.807) is 0 Å². The molecule has 3 N–H and O–H groups in total. The Kier molecular flexibility index (Phi) is 65.9. The number of hydrogen-bond donors (Lipinski definition) is 2. The number of hydrogen-bond acceptors (Lipinski definition) is 2. The lowest BCUT2D eigenvalue weighted by atomic mass is 9.72. The normalized spacial score (nSPS) is 13.6. The van der Waals surface area contributed by atoms with E-state index in [1.807, 2.05) is 90.0 Å². The van der Waals surface area contributed by atoms with Crippen molar-refractivity contribution in [3.05, 3.63) is 61.0 Å². The SMILES string of the molecule is C=C(C)NCC(C)(C)C.C=C(CC(C(=C)C)[C@H](CCC)C(C)C)C(C)C(C)CCCCC.C=C(N)C(=C)C(C)CC1CCC1.CC.CC.CC.CC.CC.CC. The molecule has 1 saturated carbocycles. The predicted octanol–water partition coefficient (Wildman–Crippen LogP) is 19.2. The first-order valence-corrected chi connectivity index (χ1v) is 24.1. The van der Waals surface area contributed by atoms with Crippen LogP contribution in [0.4, 0.5) is 0 Å². The molecule has 0 amide bonds. The van der Waals surface area contributed by atoms with E-state index < -0.39 is 0 Å². The van der Waals surface area contributed by atoms with Crippen LogP contribution in [0.5, 0.6) is 0 Å². The molecule has 0 spiro atoms. The second-order valence-electron chi connectivity index (χ2n) is 16.0. The largest absolute Gasteiger partial charge is 0.399 e. The van der Waals surface area contributed by atoms with E-state index in [2.05, 4.69) is 114 Å². The average Bonchev–Trinajstić information content (AvgIpc) is 3.17. The molecule has 1 rings (SSSR count). The Bertz CT molecular complexity index is 835. The van der Waals surface area contributed by atoms with Gasteiger partial charge in [-0.3, -0.25) is 0 Å². The molecule has 0 radical (unpaired) electrons. The Morgan fingerprint density at radius 1 is 0.696 bits per heavy atom. The Morgan fingerprint density at radius 3 is 1.41 bits per heavy atom. The molecule has 1 aliphatic rings. The van der Waals surface area contributed by atoms with Crippen LogP contribution >= 0.6 is 0 Å². The Labute approximate surface area is 361 Å². The number of rotatable bonds is 19. The zero-order valence-corrected chi connectivity index (χ0v) is 44.1. The number of allylic oxidation sites excluding steroid dienone is 4. The highest BCUT2D eigenvalue weighted by molar-refractivity contribution is 5.23. The van der Waals surface area contributed by atoms with Gasteiger partial charge in [-0.1, -0.05) is 248 Å². The molecule has 342 valence electrons. The smallest absolute Gasteiger partial charge is 0.0270 e. The molecule has 0 bridgehead atoms. The van der Waals surface area contributed by atoms with Gasteiger partial charge in [0, 0.05) is 17.9 Å². The first-order chi connectivity index (χ1) is 26.3. The number of nitrogens with two attached hydrogens (primary N) is 1. The van der Waals surface area contributed by atoms with Gasteiger partial charge in [-0.15, -0.1) is 0 Å². The van der Waals surface area contributed by atoms with Gasteiger partial charge in [0.2, 0.25) is 0 Å². The molecule has 1 aliphatic carbocycles. The first-order valence-electron chi connectivity index (χ1n) is 24.1. The number of nitrogens with one attached hydrogen (secondary N) is 1. The van der Waals surface area contributed by atoms with Crippen LogP contribution in [0.25, 0.3) is 0 Å². The summed E-state index contributed by atoms with van der Waals surface area (Å²) in [5, 5.41) is 3.19. The third-order valence-electron chi connectivity index (χ3n) is 9.71. The fourth-order valence-electron chi connectivity index (χ4n) is 5.96. The molecule has 0 aromatic rings. The minimum atomic E-state index is 0.360. The molecule has 0 aromatic carbocycles. The molecule has 2 heteroatoms. The van der Waals surface area contributed by atoms with E-state index in [0.717, 1.165) is 47.9 Å². The standard InChI is InChI=1S/C23H44.C11H19N.C8H17N.6C2H6/c1-10-12-13-15-19(7)21(9)20(8)16-23(18(5)6)22(14-11-2)17(3)4;1-8(9(2)10(3)12)7-11-5-4-6-11;1-7(2)9-6-8(3,4)5;6*1-2/h17,19,21-23H,5,8,10-16H2,1-4,6-7,9H3;8,11H,2-7,12H2,1H3;9H,1,6H2,2-5H3;6*1-2H3/t19?,21?,22-,23?;;;;;;;;/m1......../s1. The van der Waals surface area contributed by atoms with E-state index in [-0.39, 0.29) is 0 Å². The van der Waals surface area contributed by atoms with Gasteiger partial charge >= 0.3 is 0 Å². The number of unbranched alkanes of at least 4 members (excludes halogenated alkanes) is 2. The maximum Gasteiger partial charge on any atom is 0.0270 e. The average molecular weight is 794 g/mol. The quantitative estimate of drug-likeness (QED) is 0.0777. The van der Waals surface area contributed by atoms with Gasteiger partial charge in [0.1, 0.15) is 0 Å². The highest BCUT2D eigenvalue weighted by atomic mass is 14.9. The summed E-state index contributed by atoms with van der Waals surface area (Å²) in [7, 11) is 0. The lowest BCUT2D eigenvalue weighted by Crippen LogP contribution is -2.24. The van der Waals surface area contributed by atoms with Crippen LogP contribution in [0.2, 0.25) is 0 Å². The van der Waals surface area contributed by atoms with E-state index in [4.69, 9.17) is 5.73 Å². The summed E-state index contributed by atoms with van der Waals surface area (Å²) in [6.45, 7) is 72.3. The summed E-state index contributed by atoms with van der Waals surface area (Å²) in [4.78, 5) is 0. The van der Waals surface area contributed by atoms with Gasteiger partial charge in [0.05, 0.1) is 0 Å². The van der Waals surface area contributed by atoms with Crippen molar-refractivity contribution in [1.29, 1.82) is 0 Å². The van der Waals surface area contributed by atoms with Crippen molar-refractivity contribution in [3.8, 4) is 0 Å². The van der Waals surface area contributed by atoms with Gasteiger partial charge in [0.15, 0.2) is 0 Å². The second-order valence-corrected chi connectivity index (χ2v) is 16.0. The topological polar surface area (TPSA) is 38.0 Å². The van der Waals surface area contributed by atoms with Crippen LogP contribution in [0.15, 0.2) is 61.0 Å². The summed E-state index contributed by atoms with van der Waals surface area (Å²) < 4.78 is 0. The van der Waals surface area contributed by atoms with Crippen LogP contribution in [-0.4, -0.2) is 6.54 Å². The minimum Gasteiger partial charge on any atom is -0.399 e. The molecule has 0 heterocycles. The van der Waals surface area contributed by atoms with Crippen LogP contribution in [0.3, 0.4) is 0 Å². The minimum absolute atomic E-state index is 0.360. The Hall–Kier alpha value is -1.70. The molecule has 0 aliphatic heterocycles. The predicted molar refractivity (Wildman–Crippen MR) is 272 cm³/mol. The summed E-state index contributed by atoms with van der Waals surface area (Å²) in [5.74, 6) is 4.90. The highest BCUT2D eigenvalue weighted by Gasteiger charge is 2.27. The van der Waals surface area contributed by atoms with Gasteiger partial charge in [-0.25, -0.2) is 0 Å². The Morgan fingerprint density at radius 2 is 1.14 bits per heavy atom. The third-order valence-corrected chi connectivity index (χ3v) is 9.71. The van der Waals surface area contributed by atoms with E-state index in [9.17, 15) is 0 Å². The van der Waals surface area contributed by atoms with Gasteiger partial charge in [0.25, 0.3) is 0 Å². The van der Waals surface area contributed by atoms with Gasteiger partial charge in [-0.05, 0) is 85.5 Å². The molecular weight excluding hydrogens is 677 g/mol. The van der Waals surface area contributed by atoms with Crippen molar-refractivity contribution in [1.82, 2.24) is 5.32 Å². The summed E-state index contributed by atoms with van der Waals surface area (Å²) >= 11 is 0. The van der Waals surface area contributed by atoms with Crippen molar-refractivity contribution in [2.75, 3.05) is 6.54 Å². The highest BCUT2D eigenvalue weighted by Crippen LogP contribution is 2.38. The van der Waals surface area contributed by atoms with Gasteiger partial charge < -0.3 is 11.1 Å². The van der Waals surface area contributed by atoms with Crippen molar-refractivity contribution < 1.29 is 0 Å². The molecular formula is C54H116N2. The summed E-state index contributed by atoms with van der Waals surface area (Å²) in [6, 6.07) is 0. The third kappa shape index (κ3) is 46.7. The van der Waals surface area contributed by atoms with Crippen LogP contribution in [-0.2, 0) is 0 Å². The molecule has 0 saturated heterocycles. The van der Waals surface area contributed by atoms with Crippen molar-refractivity contribution in [2.24, 2.45) is 52.6 Å². The van der Waals surface area contributed by atoms with Crippen molar-refractivity contribution >= 4 is 0 Å². The molecule has 56 heavy (non-hydrogen) atoms. The zero-order valence-electron chi connectivity index (χ0n) is 44.1. The first kappa shape index (κ1) is 72.0. The van der Waals surface area contributed by atoms with E-state index in [1.165, 1.54) is 75.4 Å². The zero-order chi connectivity index (χ0) is 46.6. The molecule has 5 atom stereocenters. The maximum absolute atomic E-state index is 5.58.